The first-order valence-electron chi connectivity index (χ1n) is 19.6. The number of hydrogen-bond acceptors (Lipinski definition) is 2. The topological polar surface area (TPSA) is 3.24 Å². The van der Waals surface area contributed by atoms with Gasteiger partial charge >= 0.3 is 0 Å². The molecule has 9 aromatic carbocycles. The van der Waals surface area contributed by atoms with E-state index in [2.05, 4.69) is 229 Å². The summed E-state index contributed by atoms with van der Waals surface area (Å²) in [6, 6.07) is 82.5. The first kappa shape index (κ1) is 33.3. The lowest BCUT2D eigenvalue weighted by Gasteiger charge is -2.34. The number of rotatable bonds is 7. The lowest BCUT2D eigenvalue weighted by Crippen LogP contribution is -2.28. The molecule has 268 valence electrons. The number of fused-ring (bicyclic) bond motifs is 6. The van der Waals surface area contributed by atoms with Crippen molar-refractivity contribution in [3.05, 3.63) is 247 Å². The molecule has 57 heavy (non-hydrogen) atoms. The van der Waals surface area contributed by atoms with Crippen LogP contribution in [0.25, 0.3) is 53.6 Å². The van der Waals surface area contributed by atoms with Crippen LogP contribution in [0, 0.1) is 0 Å². The molecule has 0 saturated heterocycles. The summed E-state index contributed by atoms with van der Waals surface area (Å²) in [5.41, 5.74) is 15.4. The maximum absolute atomic E-state index is 2.43. The minimum Gasteiger partial charge on any atom is -0.310 e. The summed E-state index contributed by atoms with van der Waals surface area (Å²) in [5, 5.41) is 2.62. The van der Waals surface area contributed by atoms with E-state index in [0.29, 0.717) is 0 Å². The third-order valence-corrected chi connectivity index (χ3v) is 12.9. The summed E-state index contributed by atoms with van der Waals surface area (Å²) in [7, 11) is 0. The number of thiophene rings is 1. The van der Waals surface area contributed by atoms with E-state index in [4.69, 9.17) is 0 Å². The summed E-state index contributed by atoms with van der Waals surface area (Å²) in [5.74, 6) is 0. The van der Waals surface area contributed by atoms with E-state index in [-0.39, 0.29) is 0 Å². The van der Waals surface area contributed by atoms with Crippen LogP contribution >= 0.6 is 11.3 Å². The van der Waals surface area contributed by atoms with Gasteiger partial charge < -0.3 is 4.90 Å². The smallest absolute Gasteiger partial charge is 0.0713 e. The van der Waals surface area contributed by atoms with Crippen molar-refractivity contribution in [2.24, 2.45) is 0 Å². The Morgan fingerprint density at radius 2 is 0.895 bits per heavy atom. The quantitative estimate of drug-likeness (QED) is 0.157. The van der Waals surface area contributed by atoms with Crippen LogP contribution in [0.5, 0.6) is 0 Å². The van der Waals surface area contributed by atoms with Crippen molar-refractivity contribution >= 4 is 48.6 Å². The van der Waals surface area contributed by atoms with Crippen LogP contribution in [0.4, 0.5) is 17.1 Å². The van der Waals surface area contributed by atoms with E-state index in [1.807, 2.05) is 11.3 Å². The van der Waals surface area contributed by atoms with Gasteiger partial charge in [-0.05, 0) is 98.6 Å². The first-order chi connectivity index (χ1) is 28.3. The highest BCUT2D eigenvalue weighted by atomic mass is 32.1. The summed E-state index contributed by atoms with van der Waals surface area (Å²) in [4.78, 5) is 2.43. The molecule has 0 fully saturated rings. The van der Waals surface area contributed by atoms with Crippen molar-refractivity contribution in [2.45, 2.75) is 5.41 Å². The minimum absolute atomic E-state index is 0.454. The lowest BCUT2D eigenvalue weighted by atomic mass is 9.68. The number of benzene rings is 9. The van der Waals surface area contributed by atoms with Crippen LogP contribution in [0.3, 0.4) is 0 Å². The van der Waals surface area contributed by atoms with E-state index in [1.165, 1.54) is 75.8 Å². The lowest BCUT2D eigenvalue weighted by molar-refractivity contribution is 0.768. The maximum atomic E-state index is 2.43. The fraction of sp³-hybridized carbons (Fsp3) is 0.0182. The molecule has 1 aliphatic carbocycles. The van der Waals surface area contributed by atoms with Gasteiger partial charge in [0.05, 0.1) is 11.1 Å². The van der Waals surface area contributed by atoms with Crippen molar-refractivity contribution in [2.75, 3.05) is 4.90 Å². The zero-order valence-electron chi connectivity index (χ0n) is 31.2. The van der Waals surface area contributed by atoms with Crippen LogP contribution < -0.4 is 4.90 Å². The number of nitrogens with zero attached hydrogens (tertiary/aromatic N) is 1. The maximum Gasteiger partial charge on any atom is 0.0713 e. The Bertz CT molecular complexity index is 3020. The molecule has 1 aromatic heterocycles. The molecule has 0 bridgehead atoms. The zero-order chi connectivity index (χ0) is 37.8. The molecule has 0 saturated carbocycles. The Morgan fingerprint density at radius 3 is 1.65 bits per heavy atom. The van der Waals surface area contributed by atoms with Gasteiger partial charge in [-0.25, -0.2) is 0 Å². The molecule has 0 unspecified atom stereocenters. The molecule has 1 heterocycles. The summed E-state index contributed by atoms with van der Waals surface area (Å²) < 4.78 is 2.64. The van der Waals surface area contributed by atoms with Gasteiger partial charge in [0, 0.05) is 37.1 Å². The van der Waals surface area contributed by atoms with Crippen LogP contribution in [0.15, 0.2) is 224 Å². The minimum atomic E-state index is -0.454. The molecule has 2 heteroatoms. The second-order valence-corrected chi connectivity index (χ2v) is 15.9. The summed E-state index contributed by atoms with van der Waals surface area (Å²) in [6.45, 7) is 0. The number of para-hydroxylation sites is 1. The molecule has 1 aliphatic rings. The first-order valence-corrected chi connectivity index (χ1v) is 20.4. The molecular formula is C55H37NS. The Kier molecular flexibility index (Phi) is 7.98. The normalized spacial score (nSPS) is 12.7. The SMILES string of the molecule is c1ccc(-c2ccccc2N(c2ccc(C3(c4ccccc4)c4ccccc4-c4ccccc43)cc2)c2cccc(-c3ccc4sc5ccccc5c4c3)c2)cc1. The van der Waals surface area contributed by atoms with Crippen LogP contribution in [0.1, 0.15) is 22.3 Å². The predicted octanol–water partition coefficient (Wildman–Crippen LogP) is 15.2. The van der Waals surface area contributed by atoms with Crippen LogP contribution in [-0.4, -0.2) is 0 Å². The van der Waals surface area contributed by atoms with Gasteiger partial charge in [-0.15, -0.1) is 11.3 Å². The highest BCUT2D eigenvalue weighted by Crippen LogP contribution is 2.56. The van der Waals surface area contributed by atoms with Gasteiger partial charge in [0.25, 0.3) is 0 Å². The van der Waals surface area contributed by atoms with Gasteiger partial charge in [0.15, 0.2) is 0 Å². The van der Waals surface area contributed by atoms with Crippen molar-refractivity contribution < 1.29 is 0 Å². The fourth-order valence-electron chi connectivity index (χ4n) is 9.26. The number of hydrogen-bond donors (Lipinski definition) is 0. The van der Waals surface area contributed by atoms with Gasteiger partial charge in [-0.2, -0.15) is 0 Å². The second kappa shape index (κ2) is 13.6. The molecular weight excluding hydrogens is 707 g/mol. The van der Waals surface area contributed by atoms with Gasteiger partial charge in [-0.3, -0.25) is 0 Å². The fourth-order valence-corrected chi connectivity index (χ4v) is 10.3. The van der Waals surface area contributed by atoms with Gasteiger partial charge in [0.1, 0.15) is 0 Å². The van der Waals surface area contributed by atoms with Gasteiger partial charge in [-0.1, -0.05) is 176 Å². The molecule has 1 nitrogen and oxygen atoms in total. The summed E-state index contributed by atoms with van der Waals surface area (Å²) >= 11 is 1.86. The van der Waals surface area contributed by atoms with E-state index in [0.717, 1.165) is 17.1 Å². The highest BCUT2D eigenvalue weighted by Gasteiger charge is 2.45. The molecule has 0 radical (unpaired) electrons. The monoisotopic (exact) mass is 743 g/mol. The van der Waals surface area contributed by atoms with E-state index >= 15 is 0 Å². The largest absolute Gasteiger partial charge is 0.310 e. The molecule has 0 aliphatic heterocycles. The molecule has 0 amide bonds. The summed E-state index contributed by atoms with van der Waals surface area (Å²) in [6.07, 6.45) is 0. The standard InChI is InChI=1S/C55H37NS/c1-3-16-38(17-4-1)45-22-9-13-28-52(45)56(44-21-15-18-39(36-44)40-30-35-54-49(37-40)48-25-10-14-29-53(48)57-54)43-33-31-42(32-34-43)55(41-19-5-2-6-20-41)50-26-11-7-23-46(50)47-24-8-12-27-51(47)55/h1-37H. The average molecular weight is 744 g/mol. The van der Waals surface area contributed by atoms with Crippen molar-refractivity contribution in [1.82, 2.24) is 0 Å². The van der Waals surface area contributed by atoms with Crippen molar-refractivity contribution in [3.63, 3.8) is 0 Å². The van der Waals surface area contributed by atoms with E-state index in [1.54, 1.807) is 0 Å². The second-order valence-electron chi connectivity index (χ2n) is 14.8. The Morgan fingerprint density at radius 1 is 0.333 bits per heavy atom. The highest BCUT2D eigenvalue weighted by molar-refractivity contribution is 7.25. The van der Waals surface area contributed by atoms with Crippen LogP contribution in [-0.2, 0) is 5.41 Å². The number of anilines is 3. The third kappa shape index (κ3) is 5.37. The Labute approximate surface area is 337 Å². The van der Waals surface area contributed by atoms with E-state index < -0.39 is 5.41 Å². The zero-order valence-corrected chi connectivity index (χ0v) is 32.0. The van der Waals surface area contributed by atoms with Crippen molar-refractivity contribution in [1.29, 1.82) is 0 Å². The Balaban J connectivity index is 1.10. The predicted molar refractivity (Wildman–Crippen MR) is 242 cm³/mol. The molecule has 11 rings (SSSR count). The van der Waals surface area contributed by atoms with E-state index in [9.17, 15) is 0 Å². The average Bonchev–Trinajstić information content (AvgIpc) is 3.81. The molecule has 10 aromatic rings. The molecule has 0 N–H and O–H groups in total. The third-order valence-electron chi connectivity index (χ3n) is 11.8. The Hall–Kier alpha value is -7.00. The molecule has 0 spiro atoms. The van der Waals surface area contributed by atoms with Gasteiger partial charge in [0.2, 0.25) is 0 Å². The van der Waals surface area contributed by atoms with Crippen LogP contribution in [0.2, 0.25) is 0 Å². The molecule has 0 atom stereocenters. The van der Waals surface area contributed by atoms with Crippen molar-refractivity contribution in [3.8, 4) is 33.4 Å².